The van der Waals surface area contributed by atoms with Crippen LogP contribution in [0.25, 0.3) is 0 Å². The van der Waals surface area contributed by atoms with E-state index in [0.29, 0.717) is 49.3 Å². The van der Waals surface area contributed by atoms with Crippen LogP contribution in [0.4, 0.5) is 0 Å². The van der Waals surface area contributed by atoms with E-state index in [9.17, 15) is 9.59 Å². The Kier molecular flexibility index (Phi) is 4.69. The van der Waals surface area contributed by atoms with Crippen LogP contribution in [0.3, 0.4) is 0 Å². The SMILES string of the molecule is CC(=O)NC[C@H]1CCCN(C(=O)c2ccc3c(c2)OCCO3)C1. The predicted octanol–water partition coefficient (Wildman–Crippen LogP) is 1.45. The van der Waals surface area contributed by atoms with E-state index in [1.54, 1.807) is 18.2 Å². The molecule has 1 saturated heterocycles. The summed E-state index contributed by atoms with van der Waals surface area (Å²) in [5, 5.41) is 2.84. The summed E-state index contributed by atoms with van der Waals surface area (Å²) in [6.07, 6.45) is 1.99. The van der Waals surface area contributed by atoms with E-state index >= 15 is 0 Å². The molecule has 0 saturated carbocycles. The maximum atomic E-state index is 12.7. The molecule has 1 fully saturated rings. The van der Waals surface area contributed by atoms with E-state index in [1.165, 1.54) is 6.92 Å². The monoisotopic (exact) mass is 318 g/mol. The van der Waals surface area contributed by atoms with Crippen molar-refractivity contribution in [1.82, 2.24) is 10.2 Å². The number of likely N-dealkylation sites (tertiary alicyclic amines) is 1. The summed E-state index contributed by atoms with van der Waals surface area (Å²) in [6.45, 7) is 4.61. The Morgan fingerprint density at radius 3 is 2.83 bits per heavy atom. The maximum absolute atomic E-state index is 12.7. The molecule has 6 heteroatoms. The number of hydrogen-bond donors (Lipinski definition) is 1. The predicted molar refractivity (Wildman–Crippen MR) is 84.7 cm³/mol. The summed E-state index contributed by atoms with van der Waals surface area (Å²) in [6, 6.07) is 5.34. The number of piperidine rings is 1. The Morgan fingerprint density at radius 1 is 1.26 bits per heavy atom. The number of benzene rings is 1. The van der Waals surface area contributed by atoms with Gasteiger partial charge in [0.1, 0.15) is 13.2 Å². The van der Waals surface area contributed by atoms with Gasteiger partial charge < -0.3 is 19.7 Å². The highest BCUT2D eigenvalue weighted by Gasteiger charge is 2.25. The number of fused-ring (bicyclic) bond motifs is 1. The minimum Gasteiger partial charge on any atom is -0.486 e. The lowest BCUT2D eigenvalue weighted by Crippen LogP contribution is -2.43. The van der Waals surface area contributed by atoms with Crippen LogP contribution in [-0.4, -0.2) is 49.6 Å². The van der Waals surface area contributed by atoms with Gasteiger partial charge in [0.15, 0.2) is 11.5 Å². The molecule has 1 aromatic carbocycles. The van der Waals surface area contributed by atoms with Crippen molar-refractivity contribution in [2.75, 3.05) is 32.8 Å². The molecule has 1 atom stereocenters. The average molecular weight is 318 g/mol. The number of carbonyl (C=O) groups excluding carboxylic acids is 2. The molecule has 2 aliphatic heterocycles. The molecule has 0 spiro atoms. The lowest BCUT2D eigenvalue weighted by Gasteiger charge is -2.33. The van der Waals surface area contributed by atoms with E-state index in [0.717, 1.165) is 19.4 Å². The first-order valence-electron chi connectivity index (χ1n) is 8.07. The van der Waals surface area contributed by atoms with Gasteiger partial charge in [0.25, 0.3) is 5.91 Å². The van der Waals surface area contributed by atoms with Gasteiger partial charge in [-0.2, -0.15) is 0 Å². The second-order valence-corrected chi connectivity index (χ2v) is 6.05. The fraction of sp³-hybridized carbons (Fsp3) is 0.529. The van der Waals surface area contributed by atoms with Gasteiger partial charge in [-0.1, -0.05) is 0 Å². The van der Waals surface area contributed by atoms with Crippen molar-refractivity contribution in [3.63, 3.8) is 0 Å². The van der Waals surface area contributed by atoms with E-state index in [1.807, 2.05) is 4.90 Å². The van der Waals surface area contributed by atoms with Crippen molar-refractivity contribution >= 4 is 11.8 Å². The van der Waals surface area contributed by atoms with Crippen LogP contribution in [0.2, 0.25) is 0 Å². The largest absolute Gasteiger partial charge is 0.486 e. The fourth-order valence-corrected chi connectivity index (χ4v) is 3.06. The number of amides is 2. The van der Waals surface area contributed by atoms with Crippen LogP contribution < -0.4 is 14.8 Å². The van der Waals surface area contributed by atoms with Gasteiger partial charge in [0.2, 0.25) is 5.91 Å². The Morgan fingerprint density at radius 2 is 2.04 bits per heavy atom. The van der Waals surface area contributed by atoms with Crippen molar-refractivity contribution in [1.29, 1.82) is 0 Å². The van der Waals surface area contributed by atoms with Crippen molar-refractivity contribution in [2.24, 2.45) is 5.92 Å². The van der Waals surface area contributed by atoms with Crippen molar-refractivity contribution in [3.8, 4) is 11.5 Å². The lowest BCUT2D eigenvalue weighted by atomic mass is 9.97. The van der Waals surface area contributed by atoms with E-state index in [2.05, 4.69) is 5.32 Å². The first-order chi connectivity index (χ1) is 11.1. The molecule has 124 valence electrons. The summed E-state index contributed by atoms with van der Waals surface area (Å²) >= 11 is 0. The van der Waals surface area contributed by atoms with Gasteiger partial charge in [-0.25, -0.2) is 0 Å². The molecule has 2 heterocycles. The third-order valence-corrected chi connectivity index (χ3v) is 4.24. The van der Waals surface area contributed by atoms with Crippen LogP contribution >= 0.6 is 0 Å². The molecule has 0 unspecified atom stereocenters. The molecule has 0 aliphatic carbocycles. The summed E-state index contributed by atoms with van der Waals surface area (Å²) < 4.78 is 11.0. The fourth-order valence-electron chi connectivity index (χ4n) is 3.06. The Labute approximate surface area is 135 Å². The van der Waals surface area contributed by atoms with Crippen molar-refractivity contribution in [3.05, 3.63) is 23.8 Å². The smallest absolute Gasteiger partial charge is 0.254 e. The van der Waals surface area contributed by atoms with Gasteiger partial charge in [-0.15, -0.1) is 0 Å². The van der Waals surface area contributed by atoms with Crippen LogP contribution in [-0.2, 0) is 4.79 Å². The molecule has 1 aromatic rings. The van der Waals surface area contributed by atoms with Crippen molar-refractivity contribution < 1.29 is 19.1 Å². The number of hydrogen-bond acceptors (Lipinski definition) is 4. The van der Waals surface area contributed by atoms with Crippen LogP contribution in [0, 0.1) is 5.92 Å². The van der Waals surface area contributed by atoms with Crippen molar-refractivity contribution in [2.45, 2.75) is 19.8 Å². The molecule has 23 heavy (non-hydrogen) atoms. The second-order valence-electron chi connectivity index (χ2n) is 6.05. The highest BCUT2D eigenvalue weighted by Crippen LogP contribution is 2.31. The van der Waals surface area contributed by atoms with Gasteiger partial charge in [-0.3, -0.25) is 9.59 Å². The average Bonchev–Trinajstić information content (AvgIpc) is 2.59. The summed E-state index contributed by atoms with van der Waals surface area (Å²) in [5.41, 5.74) is 0.620. The topological polar surface area (TPSA) is 67.9 Å². The Balaban J connectivity index is 1.66. The first-order valence-corrected chi connectivity index (χ1v) is 8.07. The lowest BCUT2D eigenvalue weighted by molar-refractivity contribution is -0.119. The highest BCUT2D eigenvalue weighted by atomic mass is 16.6. The zero-order chi connectivity index (χ0) is 16.2. The molecule has 0 bridgehead atoms. The molecule has 0 radical (unpaired) electrons. The number of nitrogens with one attached hydrogen (secondary N) is 1. The minimum absolute atomic E-state index is 0.00879. The van der Waals surface area contributed by atoms with Crippen LogP contribution in [0.15, 0.2) is 18.2 Å². The van der Waals surface area contributed by atoms with E-state index in [-0.39, 0.29) is 11.8 Å². The third kappa shape index (κ3) is 3.75. The number of carbonyl (C=O) groups is 2. The molecule has 6 nitrogen and oxygen atoms in total. The first kappa shape index (κ1) is 15.6. The number of ether oxygens (including phenoxy) is 2. The quantitative estimate of drug-likeness (QED) is 0.916. The summed E-state index contributed by atoms with van der Waals surface area (Å²) in [5.74, 6) is 1.62. The maximum Gasteiger partial charge on any atom is 0.254 e. The minimum atomic E-state index is -0.0275. The Bertz CT molecular complexity index is 602. The molecule has 3 rings (SSSR count). The number of nitrogens with zero attached hydrogens (tertiary/aromatic N) is 1. The summed E-state index contributed by atoms with van der Waals surface area (Å²) in [4.78, 5) is 25.6. The van der Waals surface area contributed by atoms with Gasteiger partial charge in [0.05, 0.1) is 0 Å². The second kappa shape index (κ2) is 6.89. The van der Waals surface area contributed by atoms with E-state index in [4.69, 9.17) is 9.47 Å². The highest BCUT2D eigenvalue weighted by molar-refractivity contribution is 5.95. The summed E-state index contributed by atoms with van der Waals surface area (Å²) in [7, 11) is 0. The van der Waals surface area contributed by atoms with E-state index < -0.39 is 0 Å². The van der Waals surface area contributed by atoms with Crippen LogP contribution in [0.1, 0.15) is 30.1 Å². The zero-order valence-electron chi connectivity index (χ0n) is 13.3. The van der Waals surface area contributed by atoms with Gasteiger partial charge >= 0.3 is 0 Å². The molecular formula is C17H22N2O4. The normalized spacial score (nSPS) is 20.0. The van der Waals surface area contributed by atoms with Gasteiger partial charge in [0, 0.05) is 32.1 Å². The Hall–Kier alpha value is -2.24. The third-order valence-electron chi connectivity index (χ3n) is 4.24. The van der Waals surface area contributed by atoms with Crippen LogP contribution in [0.5, 0.6) is 11.5 Å². The molecule has 0 aromatic heterocycles. The van der Waals surface area contributed by atoms with Gasteiger partial charge in [-0.05, 0) is 37.0 Å². The molecular weight excluding hydrogens is 296 g/mol. The molecule has 1 N–H and O–H groups in total. The standard InChI is InChI=1S/C17H22N2O4/c1-12(20)18-10-13-3-2-6-19(11-13)17(21)14-4-5-15-16(9-14)23-8-7-22-15/h4-5,9,13H,2-3,6-8,10-11H2,1H3,(H,18,20)/t13-/m1/s1. The zero-order valence-corrected chi connectivity index (χ0v) is 13.3. The molecule has 2 amide bonds. The molecule has 2 aliphatic rings. The number of rotatable bonds is 3.